The van der Waals surface area contributed by atoms with Gasteiger partial charge in [0.2, 0.25) is 0 Å². The van der Waals surface area contributed by atoms with E-state index in [-0.39, 0.29) is 0 Å². The minimum Gasteiger partial charge on any atom is -0.370 e. The van der Waals surface area contributed by atoms with Gasteiger partial charge in [0.1, 0.15) is 0 Å². The molecule has 3 nitrogen and oxygen atoms in total. The Bertz CT molecular complexity index is 465. The van der Waals surface area contributed by atoms with E-state index in [1.54, 1.807) is 6.20 Å². The number of rotatable bonds is 5. The van der Waals surface area contributed by atoms with Crippen molar-refractivity contribution in [2.24, 2.45) is 0 Å². The molecular weight excluding hydrogens is 222 g/mol. The number of nitrogens with one attached hydrogen (secondary N) is 1. The van der Waals surface area contributed by atoms with Gasteiger partial charge in [-0.05, 0) is 36.4 Å². The molecule has 0 fully saturated rings. The highest BCUT2D eigenvalue weighted by atomic mass is 15.1. The van der Waals surface area contributed by atoms with E-state index in [1.165, 1.54) is 16.8 Å². The Kier molecular flexibility index (Phi) is 4.31. The fourth-order valence-electron chi connectivity index (χ4n) is 1.93. The second-order valence-corrected chi connectivity index (χ2v) is 4.41. The first kappa shape index (κ1) is 12.6. The second kappa shape index (κ2) is 6.17. The van der Waals surface area contributed by atoms with Crippen molar-refractivity contribution in [2.45, 2.75) is 13.1 Å². The van der Waals surface area contributed by atoms with Crippen LogP contribution in [0.5, 0.6) is 0 Å². The molecule has 0 bridgehead atoms. The fraction of sp³-hybridized carbons (Fsp3) is 0.267. The molecule has 0 spiro atoms. The average Bonchev–Trinajstić information content (AvgIpc) is 2.41. The van der Waals surface area contributed by atoms with Crippen LogP contribution in [0.3, 0.4) is 0 Å². The Morgan fingerprint density at radius 1 is 1.11 bits per heavy atom. The van der Waals surface area contributed by atoms with E-state index >= 15 is 0 Å². The van der Waals surface area contributed by atoms with Gasteiger partial charge in [-0.15, -0.1) is 0 Å². The van der Waals surface area contributed by atoms with E-state index in [1.807, 2.05) is 19.3 Å². The number of hydrogen-bond donors (Lipinski definition) is 1. The quantitative estimate of drug-likeness (QED) is 0.871. The monoisotopic (exact) mass is 241 g/mol. The molecular formula is C15H19N3. The Labute approximate surface area is 108 Å². The number of aromatic nitrogens is 1. The Morgan fingerprint density at radius 3 is 2.50 bits per heavy atom. The van der Waals surface area contributed by atoms with Gasteiger partial charge in [0.05, 0.1) is 0 Å². The summed E-state index contributed by atoms with van der Waals surface area (Å²) >= 11 is 0. The Hall–Kier alpha value is -1.87. The molecule has 0 aliphatic rings. The average molecular weight is 241 g/mol. The van der Waals surface area contributed by atoms with Gasteiger partial charge in [-0.25, -0.2) is 0 Å². The summed E-state index contributed by atoms with van der Waals surface area (Å²) < 4.78 is 0. The van der Waals surface area contributed by atoms with Crippen LogP contribution in [0.15, 0.2) is 48.8 Å². The fourth-order valence-corrected chi connectivity index (χ4v) is 1.93. The number of nitrogens with zero attached hydrogens (tertiary/aromatic N) is 2. The molecule has 2 aromatic rings. The van der Waals surface area contributed by atoms with Crippen molar-refractivity contribution in [1.82, 2.24) is 10.3 Å². The zero-order valence-electron chi connectivity index (χ0n) is 10.9. The lowest BCUT2D eigenvalue weighted by Crippen LogP contribution is -2.16. The molecule has 3 heteroatoms. The molecule has 18 heavy (non-hydrogen) atoms. The maximum Gasteiger partial charge on any atom is 0.0441 e. The molecule has 1 heterocycles. The molecule has 0 aliphatic carbocycles. The minimum absolute atomic E-state index is 0.874. The van der Waals surface area contributed by atoms with Crippen molar-refractivity contribution in [2.75, 3.05) is 19.0 Å². The van der Waals surface area contributed by atoms with Crippen molar-refractivity contribution < 1.29 is 0 Å². The highest BCUT2D eigenvalue weighted by molar-refractivity contribution is 5.47. The third-order valence-corrected chi connectivity index (χ3v) is 2.90. The third kappa shape index (κ3) is 3.31. The molecule has 0 unspecified atom stereocenters. The van der Waals surface area contributed by atoms with Crippen LogP contribution < -0.4 is 10.2 Å². The molecule has 0 radical (unpaired) electrons. The molecule has 0 saturated carbocycles. The molecule has 0 saturated heterocycles. The highest BCUT2D eigenvalue weighted by Crippen LogP contribution is 2.16. The SMILES string of the molecule is CNCc1ccc(N(C)Cc2cccnc2)cc1. The first-order valence-corrected chi connectivity index (χ1v) is 6.13. The van der Waals surface area contributed by atoms with Gasteiger partial charge in [0, 0.05) is 38.2 Å². The molecule has 0 aliphatic heterocycles. The van der Waals surface area contributed by atoms with Crippen LogP contribution in [0.25, 0.3) is 0 Å². The van der Waals surface area contributed by atoms with Crippen molar-refractivity contribution in [3.63, 3.8) is 0 Å². The summed E-state index contributed by atoms with van der Waals surface area (Å²) in [6.45, 7) is 1.78. The van der Waals surface area contributed by atoms with Crippen LogP contribution in [0.4, 0.5) is 5.69 Å². The predicted octanol–water partition coefficient (Wildman–Crippen LogP) is 2.44. The second-order valence-electron chi connectivity index (χ2n) is 4.41. The topological polar surface area (TPSA) is 28.2 Å². The summed E-state index contributed by atoms with van der Waals surface area (Å²) in [5.74, 6) is 0. The number of benzene rings is 1. The first-order chi connectivity index (χ1) is 8.79. The van der Waals surface area contributed by atoms with Crippen LogP contribution in [0.2, 0.25) is 0 Å². The smallest absolute Gasteiger partial charge is 0.0441 e. The zero-order valence-corrected chi connectivity index (χ0v) is 10.9. The molecule has 0 amide bonds. The summed E-state index contributed by atoms with van der Waals surface area (Å²) in [5, 5.41) is 3.15. The first-order valence-electron chi connectivity index (χ1n) is 6.13. The van der Waals surface area contributed by atoms with E-state index in [2.05, 4.69) is 52.6 Å². The lowest BCUT2D eigenvalue weighted by Gasteiger charge is -2.19. The maximum absolute atomic E-state index is 4.13. The van der Waals surface area contributed by atoms with Gasteiger partial charge in [0.15, 0.2) is 0 Å². The Morgan fingerprint density at radius 2 is 1.89 bits per heavy atom. The molecule has 1 N–H and O–H groups in total. The third-order valence-electron chi connectivity index (χ3n) is 2.90. The lowest BCUT2D eigenvalue weighted by atomic mass is 10.2. The normalized spacial score (nSPS) is 10.3. The molecule has 0 atom stereocenters. The van der Waals surface area contributed by atoms with E-state index in [0.29, 0.717) is 0 Å². The van der Waals surface area contributed by atoms with Crippen LogP contribution in [0, 0.1) is 0 Å². The predicted molar refractivity (Wildman–Crippen MR) is 75.5 cm³/mol. The van der Waals surface area contributed by atoms with Crippen LogP contribution >= 0.6 is 0 Å². The largest absolute Gasteiger partial charge is 0.370 e. The standard InChI is InChI=1S/C15H19N3/c1-16-10-13-5-7-15(8-6-13)18(2)12-14-4-3-9-17-11-14/h3-9,11,16H,10,12H2,1-2H3. The zero-order chi connectivity index (χ0) is 12.8. The molecule has 94 valence electrons. The summed E-state index contributed by atoms with van der Waals surface area (Å²) in [5.41, 5.74) is 3.74. The number of hydrogen-bond acceptors (Lipinski definition) is 3. The van der Waals surface area contributed by atoms with Crippen molar-refractivity contribution in [3.05, 3.63) is 59.9 Å². The maximum atomic E-state index is 4.13. The lowest BCUT2D eigenvalue weighted by molar-refractivity contribution is 0.817. The van der Waals surface area contributed by atoms with Gasteiger partial charge in [0.25, 0.3) is 0 Å². The summed E-state index contributed by atoms with van der Waals surface area (Å²) in [6.07, 6.45) is 3.71. The van der Waals surface area contributed by atoms with Crippen LogP contribution in [0.1, 0.15) is 11.1 Å². The summed E-state index contributed by atoms with van der Waals surface area (Å²) in [6, 6.07) is 12.7. The molecule has 1 aromatic carbocycles. The summed E-state index contributed by atoms with van der Waals surface area (Å²) in [4.78, 5) is 6.36. The van der Waals surface area contributed by atoms with E-state index in [9.17, 15) is 0 Å². The van der Waals surface area contributed by atoms with Gasteiger partial charge in [-0.3, -0.25) is 4.98 Å². The highest BCUT2D eigenvalue weighted by Gasteiger charge is 2.02. The summed E-state index contributed by atoms with van der Waals surface area (Å²) in [7, 11) is 4.06. The van der Waals surface area contributed by atoms with Gasteiger partial charge >= 0.3 is 0 Å². The van der Waals surface area contributed by atoms with Crippen molar-refractivity contribution >= 4 is 5.69 Å². The van der Waals surface area contributed by atoms with E-state index in [0.717, 1.165) is 13.1 Å². The van der Waals surface area contributed by atoms with Crippen molar-refractivity contribution in [3.8, 4) is 0 Å². The molecule has 2 rings (SSSR count). The van der Waals surface area contributed by atoms with Gasteiger partial charge in [-0.2, -0.15) is 0 Å². The minimum atomic E-state index is 0.874. The van der Waals surface area contributed by atoms with E-state index in [4.69, 9.17) is 0 Å². The Balaban J connectivity index is 2.02. The number of anilines is 1. The van der Waals surface area contributed by atoms with Crippen LogP contribution in [-0.4, -0.2) is 19.1 Å². The van der Waals surface area contributed by atoms with E-state index < -0.39 is 0 Å². The van der Waals surface area contributed by atoms with Crippen molar-refractivity contribution in [1.29, 1.82) is 0 Å². The molecule has 1 aromatic heterocycles. The van der Waals surface area contributed by atoms with Gasteiger partial charge < -0.3 is 10.2 Å². The van der Waals surface area contributed by atoms with Gasteiger partial charge in [-0.1, -0.05) is 18.2 Å². The van der Waals surface area contributed by atoms with Crippen LogP contribution in [-0.2, 0) is 13.1 Å². The number of pyridine rings is 1.